The van der Waals surface area contributed by atoms with E-state index in [1.165, 1.54) is 0 Å². The van der Waals surface area contributed by atoms with Crippen LogP contribution in [-0.2, 0) is 0 Å². The van der Waals surface area contributed by atoms with E-state index in [0.29, 0.717) is 0 Å². The Morgan fingerprint density at radius 2 is 0.955 bits per heavy atom. The van der Waals surface area contributed by atoms with Gasteiger partial charge in [-0.3, -0.25) is 0 Å². The Labute approximate surface area is 115 Å². The molecule has 0 aromatic heterocycles. The molecule has 0 fully saturated rings. The third-order valence-corrected chi connectivity index (χ3v) is 1.76. The molecule has 0 saturated heterocycles. The average molecular weight is 345 g/mol. The standard InChI is InChI=1S/C9H4F9NO3/c10-7(11,12)20-3-1-4(21-8(13,14)15)6(19)5(2-3)22-9(16,17)18/h1-2H,19H2. The highest BCUT2D eigenvalue weighted by Gasteiger charge is 2.37. The minimum atomic E-state index is -5.42. The Kier molecular flexibility index (Phi) is 4.49. The van der Waals surface area contributed by atoms with Crippen molar-refractivity contribution in [3.05, 3.63) is 12.1 Å². The predicted molar refractivity (Wildman–Crippen MR) is 50.9 cm³/mol. The molecular weight excluding hydrogens is 341 g/mol. The summed E-state index contributed by atoms with van der Waals surface area (Å²) in [5.41, 5.74) is 3.63. The third kappa shape index (κ3) is 6.05. The van der Waals surface area contributed by atoms with Gasteiger partial charge in [-0.15, -0.1) is 39.5 Å². The molecule has 126 valence electrons. The van der Waals surface area contributed by atoms with Crippen LogP contribution in [0.4, 0.5) is 45.2 Å². The molecule has 0 saturated carbocycles. The topological polar surface area (TPSA) is 53.7 Å². The zero-order valence-corrected chi connectivity index (χ0v) is 9.86. The van der Waals surface area contributed by atoms with Gasteiger partial charge in [-0.1, -0.05) is 0 Å². The zero-order valence-electron chi connectivity index (χ0n) is 9.86. The molecule has 2 N–H and O–H groups in total. The smallest absolute Gasteiger partial charge is 0.406 e. The molecule has 22 heavy (non-hydrogen) atoms. The third-order valence-electron chi connectivity index (χ3n) is 1.76. The van der Waals surface area contributed by atoms with Crippen molar-refractivity contribution in [2.75, 3.05) is 5.73 Å². The monoisotopic (exact) mass is 345 g/mol. The number of nitrogens with two attached hydrogens (primary N) is 1. The maximum Gasteiger partial charge on any atom is 0.573 e. The minimum absolute atomic E-state index is 0.0134. The fourth-order valence-electron chi connectivity index (χ4n) is 1.19. The van der Waals surface area contributed by atoms with Crippen LogP contribution in [0.1, 0.15) is 0 Å². The summed E-state index contributed by atoms with van der Waals surface area (Å²) in [6, 6.07) is 0.0269. The first-order valence-corrected chi connectivity index (χ1v) is 4.87. The molecule has 0 spiro atoms. The lowest BCUT2D eigenvalue weighted by Crippen LogP contribution is -2.22. The van der Waals surface area contributed by atoms with Gasteiger partial charge in [0.05, 0.1) is 0 Å². The van der Waals surface area contributed by atoms with Crippen LogP contribution < -0.4 is 19.9 Å². The van der Waals surface area contributed by atoms with Gasteiger partial charge in [-0.2, -0.15) is 0 Å². The summed E-state index contributed by atoms with van der Waals surface area (Å²) in [4.78, 5) is 0. The van der Waals surface area contributed by atoms with E-state index in [4.69, 9.17) is 5.73 Å². The highest BCUT2D eigenvalue weighted by molar-refractivity contribution is 5.66. The summed E-state index contributed by atoms with van der Waals surface area (Å²) in [5.74, 6) is -4.54. The molecule has 1 aromatic carbocycles. The molecule has 0 radical (unpaired) electrons. The molecule has 0 aliphatic rings. The number of alkyl halides is 9. The molecule has 4 nitrogen and oxygen atoms in total. The first kappa shape index (κ1) is 17.8. The maximum atomic E-state index is 12.1. The van der Waals surface area contributed by atoms with Gasteiger partial charge >= 0.3 is 19.1 Å². The van der Waals surface area contributed by atoms with Crippen molar-refractivity contribution in [3.8, 4) is 17.2 Å². The van der Waals surface area contributed by atoms with Crippen molar-refractivity contribution in [2.24, 2.45) is 0 Å². The van der Waals surface area contributed by atoms with Crippen LogP contribution in [0.15, 0.2) is 12.1 Å². The molecule has 0 bridgehead atoms. The van der Waals surface area contributed by atoms with Gasteiger partial charge in [0.25, 0.3) is 0 Å². The lowest BCUT2D eigenvalue weighted by atomic mass is 10.2. The Bertz CT molecular complexity index is 498. The SMILES string of the molecule is Nc1c(OC(F)(F)F)cc(OC(F)(F)F)cc1OC(F)(F)F. The Balaban J connectivity index is 3.30. The highest BCUT2D eigenvalue weighted by atomic mass is 19.4. The molecule has 0 amide bonds. The van der Waals surface area contributed by atoms with E-state index < -0.39 is 42.0 Å². The summed E-state index contributed by atoms with van der Waals surface area (Å²) in [6.07, 6.45) is -16.2. The lowest BCUT2D eigenvalue weighted by molar-refractivity contribution is -0.278. The predicted octanol–water partition coefficient (Wildman–Crippen LogP) is 3.96. The number of hydrogen-bond acceptors (Lipinski definition) is 4. The van der Waals surface area contributed by atoms with Crippen molar-refractivity contribution >= 4 is 5.69 Å². The number of halogens is 9. The van der Waals surface area contributed by atoms with Crippen LogP contribution in [-0.4, -0.2) is 19.1 Å². The lowest BCUT2D eigenvalue weighted by Gasteiger charge is -2.18. The highest BCUT2D eigenvalue weighted by Crippen LogP contribution is 2.42. The van der Waals surface area contributed by atoms with Gasteiger partial charge in [0, 0.05) is 12.1 Å². The molecule has 0 atom stereocenters. The van der Waals surface area contributed by atoms with E-state index in [1.54, 1.807) is 0 Å². The normalized spacial score (nSPS) is 13.0. The van der Waals surface area contributed by atoms with Crippen molar-refractivity contribution in [2.45, 2.75) is 19.1 Å². The first-order valence-electron chi connectivity index (χ1n) is 4.87. The average Bonchev–Trinajstić information content (AvgIpc) is 2.18. The molecule has 0 aliphatic carbocycles. The van der Waals surface area contributed by atoms with Gasteiger partial charge in [-0.25, -0.2) is 0 Å². The van der Waals surface area contributed by atoms with Gasteiger partial charge in [-0.05, 0) is 0 Å². The quantitative estimate of drug-likeness (QED) is 0.665. The van der Waals surface area contributed by atoms with Crippen LogP contribution in [0.2, 0.25) is 0 Å². The summed E-state index contributed by atoms with van der Waals surface area (Å²) in [7, 11) is 0. The van der Waals surface area contributed by atoms with Crippen LogP contribution in [0, 0.1) is 0 Å². The Morgan fingerprint density at radius 1 is 0.636 bits per heavy atom. The van der Waals surface area contributed by atoms with Crippen LogP contribution in [0.5, 0.6) is 17.2 Å². The molecule has 0 aliphatic heterocycles. The molecule has 0 heterocycles. The van der Waals surface area contributed by atoms with E-state index in [9.17, 15) is 39.5 Å². The van der Waals surface area contributed by atoms with Gasteiger partial charge in [0.15, 0.2) is 11.5 Å². The number of rotatable bonds is 3. The van der Waals surface area contributed by atoms with Crippen molar-refractivity contribution in [1.29, 1.82) is 0 Å². The fourth-order valence-corrected chi connectivity index (χ4v) is 1.19. The molecule has 13 heteroatoms. The number of nitrogen functional groups attached to an aromatic ring is 1. The number of hydrogen-bond donors (Lipinski definition) is 1. The number of anilines is 1. The summed E-state index contributed by atoms with van der Waals surface area (Å²) < 4.78 is 118. The minimum Gasteiger partial charge on any atom is -0.406 e. The van der Waals surface area contributed by atoms with Gasteiger partial charge < -0.3 is 19.9 Å². The largest absolute Gasteiger partial charge is 0.573 e. The van der Waals surface area contributed by atoms with Crippen LogP contribution in [0.3, 0.4) is 0 Å². The zero-order chi connectivity index (χ0) is 17.3. The molecule has 1 aromatic rings. The van der Waals surface area contributed by atoms with E-state index in [0.717, 1.165) is 0 Å². The first-order chi connectivity index (χ1) is 9.66. The fraction of sp³-hybridized carbons (Fsp3) is 0.333. The van der Waals surface area contributed by atoms with Crippen molar-refractivity contribution < 1.29 is 53.7 Å². The molecule has 0 unspecified atom stereocenters. The number of benzene rings is 1. The second kappa shape index (κ2) is 5.53. The second-order valence-corrected chi connectivity index (χ2v) is 3.48. The Hall–Kier alpha value is -2.21. The molecular formula is C9H4F9NO3. The van der Waals surface area contributed by atoms with E-state index in [1.807, 2.05) is 0 Å². The van der Waals surface area contributed by atoms with E-state index in [2.05, 4.69) is 14.2 Å². The Morgan fingerprint density at radius 3 is 1.23 bits per heavy atom. The molecule has 1 rings (SSSR count). The summed E-state index contributed by atoms with van der Waals surface area (Å²) in [6.45, 7) is 0. The van der Waals surface area contributed by atoms with Crippen molar-refractivity contribution in [3.63, 3.8) is 0 Å². The maximum absolute atomic E-state index is 12.1. The van der Waals surface area contributed by atoms with Crippen molar-refractivity contribution in [1.82, 2.24) is 0 Å². The van der Waals surface area contributed by atoms with Gasteiger partial charge in [0.2, 0.25) is 0 Å². The summed E-state index contributed by atoms with van der Waals surface area (Å²) >= 11 is 0. The number of ether oxygens (including phenoxy) is 3. The van der Waals surface area contributed by atoms with E-state index >= 15 is 0 Å². The van der Waals surface area contributed by atoms with E-state index in [-0.39, 0.29) is 12.1 Å². The second-order valence-electron chi connectivity index (χ2n) is 3.48. The van der Waals surface area contributed by atoms with Gasteiger partial charge in [0.1, 0.15) is 11.4 Å². The van der Waals surface area contributed by atoms with Crippen LogP contribution >= 0.6 is 0 Å². The summed E-state index contributed by atoms with van der Waals surface area (Å²) in [5, 5.41) is 0. The van der Waals surface area contributed by atoms with Crippen LogP contribution in [0.25, 0.3) is 0 Å².